The predicted molar refractivity (Wildman–Crippen MR) is 88.0 cm³/mol. The second-order valence-electron chi connectivity index (χ2n) is 8.32. The molecule has 2 fully saturated rings. The normalized spacial score (nSPS) is 38.9. The predicted octanol–water partition coefficient (Wildman–Crippen LogP) is 1.82. The lowest BCUT2D eigenvalue weighted by Gasteiger charge is -2.50. The van der Waals surface area contributed by atoms with Crippen molar-refractivity contribution in [3.05, 3.63) is 0 Å². The first-order valence-electron chi connectivity index (χ1n) is 8.73. The Bertz CT molecular complexity index is 417. The molecule has 0 saturated heterocycles. The number of carbonyl (C=O) groups is 1. The summed E-state index contributed by atoms with van der Waals surface area (Å²) in [7, 11) is 0. The van der Waals surface area contributed by atoms with Crippen molar-refractivity contribution in [2.45, 2.75) is 101 Å². The molecule has 5 N–H and O–H groups in total. The molecule has 0 bridgehead atoms. The van der Waals surface area contributed by atoms with Crippen LogP contribution in [0, 0.1) is 0 Å². The second kappa shape index (κ2) is 6.57. The molecule has 0 atom stereocenters. The first-order valence-corrected chi connectivity index (χ1v) is 8.73. The third kappa shape index (κ3) is 4.58. The molecular formula is C17H32N2O4. The van der Waals surface area contributed by atoms with Gasteiger partial charge in [-0.05, 0) is 72.1 Å². The maximum Gasteiger partial charge on any atom is 0.407 e. The quantitative estimate of drug-likeness (QED) is 0.619. The van der Waals surface area contributed by atoms with Crippen molar-refractivity contribution < 1.29 is 19.7 Å². The summed E-state index contributed by atoms with van der Waals surface area (Å²) in [4.78, 5) is 11.8. The highest BCUT2D eigenvalue weighted by molar-refractivity contribution is 5.68. The van der Waals surface area contributed by atoms with Crippen molar-refractivity contribution in [3.63, 3.8) is 0 Å². The van der Waals surface area contributed by atoms with E-state index in [0.717, 1.165) is 12.8 Å². The lowest BCUT2D eigenvalue weighted by molar-refractivity contribution is -0.185. The van der Waals surface area contributed by atoms with Crippen molar-refractivity contribution in [3.8, 4) is 0 Å². The van der Waals surface area contributed by atoms with Crippen LogP contribution in [0.4, 0.5) is 4.79 Å². The fourth-order valence-corrected chi connectivity index (χ4v) is 3.76. The molecule has 23 heavy (non-hydrogen) atoms. The summed E-state index contributed by atoms with van der Waals surface area (Å²) in [6.45, 7) is 5.49. The largest absolute Gasteiger partial charge is 0.444 e. The van der Waals surface area contributed by atoms with Crippen molar-refractivity contribution in [2.75, 3.05) is 0 Å². The Balaban J connectivity index is 1.86. The second-order valence-corrected chi connectivity index (χ2v) is 8.32. The highest BCUT2D eigenvalue weighted by Crippen LogP contribution is 2.44. The Morgan fingerprint density at radius 3 is 1.91 bits per heavy atom. The fraction of sp³-hybridized carbons (Fsp3) is 0.941. The molecule has 0 unspecified atom stereocenters. The van der Waals surface area contributed by atoms with E-state index >= 15 is 0 Å². The van der Waals surface area contributed by atoms with Crippen LogP contribution in [-0.2, 0) is 4.74 Å². The van der Waals surface area contributed by atoms with Crippen molar-refractivity contribution in [1.29, 1.82) is 0 Å². The average molecular weight is 328 g/mol. The topological polar surface area (TPSA) is 105 Å². The van der Waals surface area contributed by atoms with E-state index in [1.54, 1.807) is 0 Å². The van der Waals surface area contributed by atoms with E-state index in [2.05, 4.69) is 5.32 Å². The maximum atomic E-state index is 11.8. The van der Waals surface area contributed by atoms with Gasteiger partial charge in [0, 0.05) is 12.1 Å². The number of nitrogens with one attached hydrogen (secondary N) is 1. The fourth-order valence-electron chi connectivity index (χ4n) is 3.76. The molecule has 2 rings (SSSR count). The molecule has 6 heteroatoms. The van der Waals surface area contributed by atoms with Crippen LogP contribution in [0.25, 0.3) is 0 Å². The number of hydrogen-bond donors (Lipinski definition) is 4. The van der Waals surface area contributed by atoms with Gasteiger partial charge in [-0.1, -0.05) is 0 Å². The first-order chi connectivity index (χ1) is 10.5. The number of ether oxygens (including phenoxy) is 1. The average Bonchev–Trinajstić information content (AvgIpc) is 2.43. The summed E-state index contributed by atoms with van der Waals surface area (Å²) in [5.74, 6) is 0. The highest BCUT2D eigenvalue weighted by atomic mass is 16.6. The van der Waals surface area contributed by atoms with Crippen LogP contribution in [0.1, 0.15) is 72.1 Å². The lowest BCUT2D eigenvalue weighted by Crippen LogP contribution is -2.59. The summed E-state index contributed by atoms with van der Waals surface area (Å²) < 4.78 is 5.26. The summed E-state index contributed by atoms with van der Waals surface area (Å²) in [5, 5.41) is 24.7. The number of aliphatic hydroxyl groups is 2. The number of amides is 1. The molecule has 0 aromatic carbocycles. The number of nitrogens with two attached hydrogens (primary N) is 1. The first kappa shape index (κ1) is 18.5. The number of rotatable bonds is 2. The monoisotopic (exact) mass is 328 g/mol. The van der Waals surface area contributed by atoms with Gasteiger partial charge in [0.1, 0.15) is 5.60 Å². The molecule has 0 spiro atoms. The zero-order chi connectivity index (χ0) is 17.3. The van der Waals surface area contributed by atoms with E-state index in [0.29, 0.717) is 38.5 Å². The van der Waals surface area contributed by atoms with E-state index in [4.69, 9.17) is 10.5 Å². The molecule has 0 aromatic rings. The van der Waals surface area contributed by atoms with Gasteiger partial charge >= 0.3 is 6.09 Å². The lowest BCUT2D eigenvalue weighted by atomic mass is 9.65. The number of hydrogen-bond acceptors (Lipinski definition) is 5. The van der Waals surface area contributed by atoms with Crippen LogP contribution in [0.2, 0.25) is 0 Å². The molecule has 2 saturated carbocycles. The van der Waals surface area contributed by atoms with Gasteiger partial charge in [-0.3, -0.25) is 0 Å². The molecule has 0 radical (unpaired) electrons. The van der Waals surface area contributed by atoms with Crippen LogP contribution in [-0.4, -0.2) is 45.2 Å². The minimum atomic E-state index is -1.07. The minimum absolute atomic E-state index is 0.0143. The van der Waals surface area contributed by atoms with Gasteiger partial charge < -0.3 is 26.0 Å². The van der Waals surface area contributed by atoms with Gasteiger partial charge in [0.05, 0.1) is 11.2 Å². The standard InChI is InChI=1S/C17H32N2O4/c1-15(2,3)23-14(20)19-13-6-10-17(22,11-7-13)16(21)8-4-12(18)5-9-16/h12-13,21-22H,4-11,18H2,1-3H3,(H,19,20). The molecule has 2 aliphatic carbocycles. The molecule has 134 valence electrons. The van der Waals surface area contributed by atoms with Crippen LogP contribution < -0.4 is 11.1 Å². The molecular weight excluding hydrogens is 296 g/mol. The number of alkyl carbamates (subject to hydrolysis) is 1. The SMILES string of the molecule is CC(C)(C)OC(=O)NC1CCC(O)(C2(O)CCC(N)CC2)CC1. The Hall–Kier alpha value is -0.850. The van der Waals surface area contributed by atoms with Crippen molar-refractivity contribution >= 4 is 6.09 Å². The van der Waals surface area contributed by atoms with Gasteiger partial charge in [0.2, 0.25) is 0 Å². The summed E-state index contributed by atoms with van der Waals surface area (Å²) in [6, 6.07) is 0.114. The van der Waals surface area contributed by atoms with Crippen LogP contribution in [0.3, 0.4) is 0 Å². The Labute approximate surface area is 138 Å². The Morgan fingerprint density at radius 2 is 1.48 bits per heavy atom. The van der Waals surface area contributed by atoms with Gasteiger partial charge in [-0.2, -0.15) is 0 Å². The van der Waals surface area contributed by atoms with E-state index in [-0.39, 0.29) is 12.1 Å². The molecule has 0 heterocycles. The zero-order valence-electron chi connectivity index (χ0n) is 14.6. The van der Waals surface area contributed by atoms with E-state index in [1.165, 1.54) is 0 Å². The molecule has 1 amide bonds. The van der Waals surface area contributed by atoms with Gasteiger partial charge in [-0.25, -0.2) is 4.79 Å². The third-order valence-electron chi connectivity index (χ3n) is 5.26. The van der Waals surface area contributed by atoms with Crippen LogP contribution in [0.15, 0.2) is 0 Å². The van der Waals surface area contributed by atoms with Gasteiger partial charge in [0.25, 0.3) is 0 Å². The zero-order valence-corrected chi connectivity index (χ0v) is 14.6. The van der Waals surface area contributed by atoms with Crippen LogP contribution >= 0.6 is 0 Å². The van der Waals surface area contributed by atoms with E-state index < -0.39 is 22.9 Å². The highest BCUT2D eigenvalue weighted by Gasteiger charge is 2.51. The molecule has 2 aliphatic rings. The Morgan fingerprint density at radius 1 is 1.04 bits per heavy atom. The smallest absolute Gasteiger partial charge is 0.407 e. The van der Waals surface area contributed by atoms with Gasteiger partial charge in [-0.15, -0.1) is 0 Å². The minimum Gasteiger partial charge on any atom is -0.444 e. The third-order valence-corrected chi connectivity index (χ3v) is 5.26. The van der Waals surface area contributed by atoms with E-state index in [9.17, 15) is 15.0 Å². The van der Waals surface area contributed by atoms with Gasteiger partial charge in [0.15, 0.2) is 0 Å². The molecule has 6 nitrogen and oxygen atoms in total. The summed E-state index contributed by atoms with van der Waals surface area (Å²) >= 11 is 0. The number of carbonyl (C=O) groups excluding carboxylic acids is 1. The summed E-state index contributed by atoms with van der Waals surface area (Å²) in [6.07, 6.45) is 4.43. The molecule has 0 aliphatic heterocycles. The summed E-state index contributed by atoms with van der Waals surface area (Å²) in [5.41, 5.74) is 3.27. The maximum absolute atomic E-state index is 11.8. The van der Waals surface area contributed by atoms with Crippen LogP contribution in [0.5, 0.6) is 0 Å². The Kier molecular flexibility index (Phi) is 5.28. The van der Waals surface area contributed by atoms with Crippen molar-refractivity contribution in [2.24, 2.45) is 5.73 Å². The molecule has 0 aromatic heterocycles. The van der Waals surface area contributed by atoms with E-state index in [1.807, 2.05) is 20.8 Å². The van der Waals surface area contributed by atoms with Crippen molar-refractivity contribution in [1.82, 2.24) is 5.32 Å².